The van der Waals surface area contributed by atoms with Crippen molar-refractivity contribution < 1.29 is 4.79 Å². The second kappa shape index (κ2) is 6.99. The Hall–Kier alpha value is -1.77. The first-order valence-electron chi connectivity index (χ1n) is 6.44. The van der Waals surface area contributed by atoms with Crippen molar-refractivity contribution in [2.45, 2.75) is 17.0 Å². The minimum Gasteiger partial charge on any atom is -0.296 e. The minimum absolute atomic E-state index is 0.184. The van der Waals surface area contributed by atoms with Crippen molar-refractivity contribution in [2.24, 2.45) is 0 Å². The van der Waals surface area contributed by atoms with E-state index in [1.54, 1.807) is 17.3 Å². The molecule has 0 aliphatic heterocycles. The zero-order valence-electron chi connectivity index (χ0n) is 11.6. The van der Waals surface area contributed by atoms with Gasteiger partial charge in [-0.3, -0.25) is 10.1 Å². The fourth-order valence-electron chi connectivity index (χ4n) is 1.71. The van der Waals surface area contributed by atoms with E-state index in [-0.39, 0.29) is 5.91 Å². The molecule has 0 saturated carbocycles. The van der Waals surface area contributed by atoms with Crippen molar-refractivity contribution in [1.29, 1.82) is 0 Å². The molecule has 0 saturated heterocycles. The SMILES string of the molecule is Cc1ncsc1C(=O)Nc1nnc(SCc2ccccc2)s1. The lowest BCUT2D eigenvalue weighted by molar-refractivity contribution is 0.102. The Kier molecular flexibility index (Phi) is 4.81. The molecule has 112 valence electrons. The van der Waals surface area contributed by atoms with Crippen LogP contribution in [0.5, 0.6) is 0 Å². The number of carbonyl (C=O) groups excluding carboxylic acids is 1. The largest absolute Gasteiger partial charge is 0.296 e. The standard InChI is InChI=1S/C14H12N4OS3/c1-9-11(21-8-15-9)12(19)16-13-17-18-14(22-13)20-7-10-5-3-2-4-6-10/h2-6,8H,7H2,1H3,(H,16,17,19). The normalized spacial score (nSPS) is 10.6. The van der Waals surface area contributed by atoms with Crippen LogP contribution in [0.1, 0.15) is 20.9 Å². The maximum atomic E-state index is 12.1. The summed E-state index contributed by atoms with van der Waals surface area (Å²) in [5.41, 5.74) is 3.62. The number of rotatable bonds is 5. The third-order valence-corrected chi connectivity index (χ3v) is 5.75. The second-order valence-corrected chi connectivity index (χ2v) is 7.42. The smallest absolute Gasteiger partial charge is 0.269 e. The Balaban J connectivity index is 1.59. The van der Waals surface area contributed by atoms with E-state index in [4.69, 9.17) is 0 Å². The number of nitrogens with zero attached hydrogens (tertiary/aromatic N) is 3. The molecule has 2 aromatic heterocycles. The maximum Gasteiger partial charge on any atom is 0.269 e. The van der Waals surface area contributed by atoms with E-state index in [1.807, 2.05) is 25.1 Å². The number of anilines is 1. The van der Waals surface area contributed by atoms with Crippen LogP contribution in [0.4, 0.5) is 5.13 Å². The van der Waals surface area contributed by atoms with E-state index in [2.05, 4.69) is 32.6 Å². The molecular weight excluding hydrogens is 336 g/mol. The molecule has 0 spiro atoms. The van der Waals surface area contributed by atoms with Gasteiger partial charge in [0.15, 0.2) is 4.34 Å². The van der Waals surface area contributed by atoms with Crippen molar-refractivity contribution in [2.75, 3.05) is 5.32 Å². The van der Waals surface area contributed by atoms with Gasteiger partial charge < -0.3 is 0 Å². The van der Waals surface area contributed by atoms with Crippen LogP contribution in [0.2, 0.25) is 0 Å². The fraction of sp³-hybridized carbons (Fsp3) is 0.143. The summed E-state index contributed by atoms with van der Waals surface area (Å²) in [5, 5.41) is 11.4. The van der Waals surface area contributed by atoms with Gasteiger partial charge in [-0.05, 0) is 12.5 Å². The summed E-state index contributed by atoms with van der Waals surface area (Å²) >= 11 is 4.30. The number of benzene rings is 1. The van der Waals surface area contributed by atoms with Crippen LogP contribution >= 0.6 is 34.4 Å². The van der Waals surface area contributed by atoms with Crippen molar-refractivity contribution in [3.05, 3.63) is 52.0 Å². The van der Waals surface area contributed by atoms with Crippen LogP contribution < -0.4 is 5.32 Å². The summed E-state index contributed by atoms with van der Waals surface area (Å²) in [4.78, 5) is 16.7. The molecule has 0 aliphatic rings. The van der Waals surface area contributed by atoms with E-state index in [0.717, 1.165) is 15.8 Å². The first kappa shape index (κ1) is 15.1. The summed E-state index contributed by atoms with van der Waals surface area (Å²) in [5.74, 6) is 0.646. The molecule has 22 heavy (non-hydrogen) atoms. The van der Waals surface area contributed by atoms with Gasteiger partial charge in [0.25, 0.3) is 5.91 Å². The molecular formula is C14H12N4OS3. The zero-order valence-corrected chi connectivity index (χ0v) is 14.1. The predicted molar refractivity (Wildman–Crippen MR) is 90.7 cm³/mol. The van der Waals surface area contributed by atoms with E-state index < -0.39 is 0 Å². The van der Waals surface area contributed by atoms with Gasteiger partial charge in [-0.25, -0.2) is 4.98 Å². The van der Waals surface area contributed by atoms with E-state index in [0.29, 0.717) is 10.0 Å². The van der Waals surface area contributed by atoms with Crippen LogP contribution in [0.25, 0.3) is 0 Å². The highest BCUT2D eigenvalue weighted by molar-refractivity contribution is 8.00. The number of hydrogen-bond donors (Lipinski definition) is 1. The average Bonchev–Trinajstić information content (AvgIpc) is 3.15. The number of hydrogen-bond acceptors (Lipinski definition) is 7. The topological polar surface area (TPSA) is 67.8 Å². The molecule has 1 amide bonds. The predicted octanol–water partition coefficient (Wildman–Crippen LogP) is 3.85. The molecule has 8 heteroatoms. The molecule has 2 heterocycles. The lowest BCUT2D eigenvalue weighted by Gasteiger charge is -1.98. The van der Waals surface area contributed by atoms with Crippen molar-refractivity contribution in [3.63, 3.8) is 0 Å². The van der Waals surface area contributed by atoms with Crippen LogP contribution in [0.15, 0.2) is 40.2 Å². The number of thioether (sulfide) groups is 1. The number of nitrogens with one attached hydrogen (secondary N) is 1. The Morgan fingerprint density at radius 1 is 1.27 bits per heavy atom. The van der Waals surface area contributed by atoms with E-state index in [1.165, 1.54) is 28.2 Å². The molecule has 0 atom stereocenters. The second-order valence-electron chi connectivity index (χ2n) is 4.37. The Morgan fingerprint density at radius 3 is 2.82 bits per heavy atom. The lowest BCUT2D eigenvalue weighted by Crippen LogP contribution is -2.11. The Bertz CT molecular complexity index is 769. The molecule has 1 N–H and O–H groups in total. The highest BCUT2D eigenvalue weighted by Gasteiger charge is 2.14. The van der Waals surface area contributed by atoms with Gasteiger partial charge in [-0.15, -0.1) is 21.5 Å². The molecule has 0 radical (unpaired) electrons. The Morgan fingerprint density at radius 2 is 2.09 bits per heavy atom. The fourth-order valence-corrected chi connectivity index (χ4v) is 4.11. The van der Waals surface area contributed by atoms with Crippen LogP contribution in [0.3, 0.4) is 0 Å². The molecule has 0 fully saturated rings. The number of amides is 1. The zero-order chi connectivity index (χ0) is 15.4. The third kappa shape index (κ3) is 3.70. The first-order valence-corrected chi connectivity index (χ1v) is 9.12. The van der Waals surface area contributed by atoms with Crippen LogP contribution in [0, 0.1) is 6.92 Å². The van der Waals surface area contributed by atoms with Gasteiger partial charge in [0.05, 0.1) is 11.2 Å². The molecule has 0 aliphatic carbocycles. The van der Waals surface area contributed by atoms with Crippen LogP contribution in [-0.4, -0.2) is 21.1 Å². The first-order chi connectivity index (χ1) is 10.7. The molecule has 3 rings (SSSR count). The minimum atomic E-state index is -0.184. The molecule has 1 aromatic carbocycles. The molecule has 5 nitrogen and oxygen atoms in total. The van der Waals surface area contributed by atoms with Crippen molar-refractivity contribution in [1.82, 2.24) is 15.2 Å². The third-order valence-electron chi connectivity index (χ3n) is 2.78. The Labute approximate surface area is 139 Å². The van der Waals surface area contributed by atoms with Gasteiger partial charge >= 0.3 is 0 Å². The number of aryl methyl sites for hydroxylation is 1. The number of thiazole rings is 1. The maximum absolute atomic E-state index is 12.1. The van der Waals surface area contributed by atoms with E-state index >= 15 is 0 Å². The van der Waals surface area contributed by atoms with Gasteiger partial charge in [0.2, 0.25) is 5.13 Å². The quantitative estimate of drug-likeness (QED) is 0.560. The van der Waals surface area contributed by atoms with Crippen molar-refractivity contribution in [3.8, 4) is 0 Å². The van der Waals surface area contributed by atoms with Crippen molar-refractivity contribution >= 4 is 45.5 Å². The summed E-state index contributed by atoms with van der Waals surface area (Å²) < 4.78 is 0.833. The highest BCUT2D eigenvalue weighted by Crippen LogP contribution is 2.28. The summed E-state index contributed by atoms with van der Waals surface area (Å²) in [6.07, 6.45) is 0. The summed E-state index contributed by atoms with van der Waals surface area (Å²) in [7, 11) is 0. The highest BCUT2D eigenvalue weighted by atomic mass is 32.2. The summed E-state index contributed by atoms with van der Waals surface area (Å²) in [6, 6.07) is 10.2. The van der Waals surface area contributed by atoms with Gasteiger partial charge in [-0.1, -0.05) is 53.4 Å². The van der Waals surface area contributed by atoms with Gasteiger partial charge in [0.1, 0.15) is 4.88 Å². The lowest BCUT2D eigenvalue weighted by atomic mass is 10.2. The molecule has 0 bridgehead atoms. The number of aromatic nitrogens is 3. The van der Waals surface area contributed by atoms with E-state index in [9.17, 15) is 4.79 Å². The van der Waals surface area contributed by atoms with Gasteiger partial charge in [0, 0.05) is 5.75 Å². The summed E-state index contributed by atoms with van der Waals surface area (Å²) in [6.45, 7) is 1.81. The van der Waals surface area contributed by atoms with Gasteiger partial charge in [-0.2, -0.15) is 0 Å². The molecule has 3 aromatic rings. The number of carbonyl (C=O) groups is 1. The molecule has 0 unspecified atom stereocenters. The monoisotopic (exact) mass is 348 g/mol. The average molecular weight is 348 g/mol. The van der Waals surface area contributed by atoms with Crippen LogP contribution in [-0.2, 0) is 5.75 Å².